The Balaban J connectivity index is 2.50. The van der Waals surface area contributed by atoms with Crippen molar-refractivity contribution >= 4 is 6.03 Å². The second-order valence-electron chi connectivity index (χ2n) is 4.95. The van der Waals surface area contributed by atoms with E-state index < -0.39 is 0 Å². The topological polar surface area (TPSA) is 42.0 Å². The minimum Gasteiger partial charge on any atom is -0.383 e. The summed E-state index contributed by atoms with van der Waals surface area (Å²) in [5, 5.41) is 0. The highest BCUT2D eigenvalue weighted by Crippen LogP contribution is 2.16. The van der Waals surface area contributed by atoms with E-state index in [1.54, 1.807) is 14.2 Å². The highest BCUT2D eigenvalue weighted by Gasteiger charge is 2.24. The first-order valence-corrected chi connectivity index (χ1v) is 6.70. The Morgan fingerprint density at radius 3 is 2.39 bits per heavy atom. The number of amides is 2. The Morgan fingerprint density at radius 2 is 1.89 bits per heavy atom. The second-order valence-corrected chi connectivity index (χ2v) is 4.95. The molecule has 0 bridgehead atoms. The number of urea groups is 1. The van der Waals surface area contributed by atoms with Crippen molar-refractivity contribution < 1.29 is 14.3 Å². The van der Waals surface area contributed by atoms with Gasteiger partial charge in [-0.05, 0) is 18.8 Å². The zero-order valence-corrected chi connectivity index (χ0v) is 11.9. The summed E-state index contributed by atoms with van der Waals surface area (Å²) in [5.74, 6) is 0.606. The SMILES string of the molecule is COCCN(CCOC)C(=O)N1CCCC(C)C1. The molecule has 5 heteroatoms. The third-order valence-corrected chi connectivity index (χ3v) is 3.33. The molecule has 18 heavy (non-hydrogen) atoms. The van der Waals surface area contributed by atoms with Crippen LogP contribution in [-0.4, -0.2) is 69.4 Å². The Hall–Kier alpha value is -0.810. The van der Waals surface area contributed by atoms with Crippen molar-refractivity contribution in [3.05, 3.63) is 0 Å². The van der Waals surface area contributed by atoms with Gasteiger partial charge in [0.05, 0.1) is 13.2 Å². The first-order valence-electron chi connectivity index (χ1n) is 6.70. The van der Waals surface area contributed by atoms with E-state index in [4.69, 9.17) is 9.47 Å². The summed E-state index contributed by atoms with van der Waals surface area (Å²) in [6.07, 6.45) is 2.33. The van der Waals surface area contributed by atoms with E-state index in [1.807, 2.05) is 9.80 Å². The molecule has 1 fully saturated rings. The Morgan fingerprint density at radius 1 is 1.28 bits per heavy atom. The van der Waals surface area contributed by atoms with Crippen molar-refractivity contribution in [2.24, 2.45) is 5.92 Å². The fourth-order valence-electron chi connectivity index (χ4n) is 2.27. The Labute approximate surface area is 110 Å². The highest BCUT2D eigenvalue weighted by atomic mass is 16.5. The predicted octanol–water partition coefficient (Wildman–Crippen LogP) is 1.43. The zero-order chi connectivity index (χ0) is 13.4. The van der Waals surface area contributed by atoms with Gasteiger partial charge in [-0.25, -0.2) is 4.79 Å². The van der Waals surface area contributed by atoms with Crippen LogP contribution in [0.2, 0.25) is 0 Å². The number of piperidine rings is 1. The lowest BCUT2D eigenvalue weighted by Gasteiger charge is -2.35. The number of likely N-dealkylation sites (tertiary alicyclic amines) is 1. The van der Waals surface area contributed by atoms with Crippen molar-refractivity contribution in [2.75, 3.05) is 53.6 Å². The Kier molecular flexibility index (Phi) is 7.05. The van der Waals surface area contributed by atoms with Gasteiger partial charge in [-0.1, -0.05) is 6.92 Å². The average Bonchev–Trinajstić information content (AvgIpc) is 2.38. The molecule has 0 spiro atoms. The summed E-state index contributed by atoms with van der Waals surface area (Å²) in [6.45, 7) is 6.34. The molecule has 1 heterocycles. The highest BCUT2D eigenvalue weighted by molar-refractivity contribution is 5.74. The summed E-state index contributed by atoms with van der Waals surface area (Å²) in [7, 11) is 3.31. The van der Waals surface area contributed by atoms with Crippen molar-refractivity contribution in [3.63, 3.8) is 0 Å². The molecule has 0 radical (unpaired) electrons. The van der Waals surface area contributed by atoms with Gasteiger partial charge in [-0.15, -0.1) is 0 Å². The maximum Gasteiger partial charge on any atom is 0.320 e. The zero-order valence-electron chi connectivity index (χ0n) is 11.9. The minimum absolute atomic E-state index is 0.121. The van der Waals surface area contributed by atoms with Crippen LogP contribution in [0.5, 0.6) is 0 Å². The fraction of sp³-hybridized carbons (Fsp3) is 0.923. The van der Waals surface area contributed by atoms with Gasteiger partial charge in [0.1, 0.15) is 0 Å². The van der Waals surface area contributed by atoms with Gasteiger partial charge in [0.2, 0.25) is 0 Å². The smallest absolute Gasteiger partial charge is 0.320 e. The third-order valence-electron chi connectivity index (χ3n) is 3.33. The van der Waals surface area contributed by atoms with Crippen LogP contribution in [0.1, 0.15) is 19.8 Å². The van der Waals surface area contributed by atoms with Gasteiger partial charge in [-0.2, -0.15) is 0 Å². The standard InChI is InChI=1S/C13H26N2O3/c1-12-5-4-6-15(11-12)13(16)14(7-9-17-2)8-10-18-3/h12H,4-11H2,1-3H3. The monoisotopic (exact) mass is 258 g/mol. The molecule has 1 atom stereocenters. The average molecular weight is 258 g/mol. The van der Waals surface area contributed by atoms with Crippen LogP contribution >= 0.6 is 0 Å². The van der Waals surface area contributed by atoms with Gasteiger partial charge >= 0.3 is 6.03 Å². The van der Waals surface area contributed by atoms with E-state index >= 15 is 0 Å². The molecule has 1 unspecified atom stereocenters. The number of methoxy groups -OCH3 is 2. The quantitative estimate of drug-likeness (QED) is 0.724. The maximum atomic E-state index is 12.4. The van der Waals surface area contributed by atoms with Crippen LogP contribution in [0, 0.1) is 5.92 Å². The molecule has 1 rings (SSSR count). The normalized spacial score (nSPS) is 19.9. The van der Waals surface area contributed by atoms with Gasteiger partial charge in [0.15, 0.2) is 0 Å². The van der Waals surface area contributed by atoms with Gasteiger partial charge < -0.3 is 19.3 Å². The molecule has 1 aliphatic rings. The summed E-state index contributed by atoms with van der Waals surface area (Å²) < 4.78 is 10.1. The third kappa shape index (κ3) is 4.82. The molecule has 0 aromatic rings. The summed E-state index contributed by atoms with van der Waals surface area (Å²) in [5.41, 5.74) is 0. The molecule has 0 N–H and O–H groups in total. The van der Waals surface area contributed by atoms with E-state index in [-0.39, 0.29) is 6.03 Å². The molecule has 106 valence electrons. The lowest BCUT2D eigenvalue weighted by atomic mass is 10.0. The lowest BCUT2D eigenvalue weighted by Crippen LogP contribution is -2.49. The minimum atomic E-state index is 0.121. The number of hydrogen-bond donors (Lipinski definition) is 0. The van der Waals surface area contributed by atoms with Crippen molar-refractivity contribution in [2.45, 2.75) is 19.8 Å². The molecule has 1 saturated heterocycles. The van der Waals surface area contributed by atoms with Crippen molar-refractivity contribution in [1.29, 1.82) is 0 Å². The van der Waals surface area contributed by atoms with Gasteiger partial charge in [-0.3, -0.25) is 0 Å². The first-order chi connectivity index (χ1) is 8.69. The molecule has 0 aliphatic carbocycles. The molecule has 0 aromatic carbocycles. The molecule has 0 saturated carbocycles. The van der Waals surface area contributed by atoms with Gasteiger partial charge in [0, 0.05) is 40.4 Å². The maximum absolute atomic E-state index is 12.4. The molecule has 2 amide bonds. The number of rotatable bonds is 6. The van der Waals surface area contributed by atoms with Crippen LogP contribution in [0.25, 0.3) is 0 Å². The van der Waals surface area contributed by atoms with E-state index in [0.29, 0.717) is 32.2 Å². The first kappa shape index (κ1) is 15.2. The van der Waals surface area contributed by atoms with Crippen LogP contribution < -0.4 is 0 Å². The number of carbonyl (C=O) groups is 1. The van der Waals surface area contributed by atoms with E-state index in [9.17, 15) is 4.79 Å². The lowest BCUT2D eigenvalue weighted by molar-refractivity contribution is 0.0942. The summed E-state index contributed by atoms with van der Waals surface area (Å²) in [6, 6.07) is 0.121. The van der Waals surface area contributed by atoms with E-state index in [0.717, 1.165) is 19.5 Å². The molecule has 0 aromatic heterocycles. The van der Waals surface area contributed by atoms with Gasteiger partial charge in [0.25, 0.3) is 0 Å². The van der Waals surface area contributed by atoms with Crippen LogP contribution in [-0.2, 0) is 9.47 Å². The second kappa shape index (κ2) is 8.32. The number of nitrogens with zero attached hydrogens (tertiary/aromatic N) is 2. The van der Waals surface area contributed by atoms with Crippen LogP contribution in [0.3, 0.4) is 0 Å². The molecule has 1 aliphatic heterocycles. The van der Waals surface area contributed by atoms with Crippen LogP contribution in [0.15, 0.2) is 0 Å². The fourth-order valence-corrected chi connectivity index (χ4v) is 2.27. The number of ether oxygens (including phenoxy) is 2. The summed E-state index contributed by atoms with van der Waals surface area (Å²) >= 11 is 0. The van der Waals surface area contributed by atoms with E-state index in [2.05, 4.69) is 6.92 Å². The molecular formula is C13H26N2O3. The van der Waals surface area contributed by atoms with Crippen molar-refractivity contribution in [1.82, 2.24) is 9.80 Å². The largest absolute Gasteiger partial charge is 0.383 e. The number of carbonyl (C=O) groups excluding carboxylic acids is 1. The van der Waals surface area contributed by atoms with E-state index in [1.165, 1.54) is 6.42 Å². The molecule has 5 nitrogen and oxygen atoms in total. The summed E-state index contributed by atoms with van der Waals surface area (Å²) in [4.78, 5) is 16.2. The number of hydrogen-bond acceptors (Lipinski definition) is 3. The molecular weight excluding hydrogens is 232 g/mol. The Bertz CT molecular complexity index is 240. The predicted molar refractivity (Wildman–Crippen MR) is 70.7 cm³/mol. The van der Waals surface area contributed by atoms with Crippen LogP contribution in [0.4, 0.5) is 4.79 Å². The van der Waals surface area contributed by atoms with Crippen molar-refractivity contribution in [3.8, 4) is 0 Å².